The summed E-state index contributed by atoms with van der Waals surface area (Å²) in [5, 5.41) is 3.59. The monoisotopic (exact) mass is 303 g/mol. The average Bonchev–Trinajstić information content (AvgIpc) is 2.49. The quantitative estimate of drug-likeness (QED) is 0.909. The van der Waals surface area contributed by atoms with Crippen molar-refractivity contribution in [2.45, 2.75) is 19.9 Å². The second-order valence-corrected chi connectivity index (χ2v) is 5.31. The summed E-state index contributed by atoms with van der Waals surface area (Å²) >= 11 is 5.95. The van der Waals surface area contributed by atoms with E-state index in [9.17, 15) is 4.79 Å². The Bertz CT molecular complexity index is 613. The third-order valence-corrected chi connectivity index (χ3v) is 3.60. The minimum Gasteiger partial charge on any atom is -0.484 e. The number of hydrogen-bond acceptors (Lipinski definition) is 2. The highest BCUT2D eigenvalue weighted by Crippen LogP contribution is 2.21. The third-order valence-electron chi connectivity index (χ3n) is 3.18. The van der Waals surface area contributed by atoms with Gasteiger partial charge in [-0.1, -0.05) is 41.9 Å². The van der Waals surface area contributed by atoms with Gasteiger partial charge in [-0.05, 0) is 43.2 Å². The van der Waals surface area contributed by atoms with E-state index in [-0.39, 0.29) is 18.6 Å². The fourth-order valence-corrected chi connectivity index (χ4v) is 2.08. The summed E-state index contributed by atoms with van der Waals surface area (Å²) in [4.78, 5) is 11.9. The molecule has 110 valence electrons. The summed E-state index contributed by atoms with van der Waals surface area (Å²) in [5.74, 6) is 0.485. The number of halogens is 1. The molecule has 1 amide bonds. The maximum atomic E-state index is 11.9. The molecular formula is C17H18ClNO2. The molecule has 0 aliphatic rings. The first kappa shape index (κ1) is 15.4. The van der Waals surface area contributed by atoms with Gasteiger partial charge in [-0.3, -0.25) is 4.79 Å². The zero-order chi connectivity index (χ0) is 15.2. The Morgan fingerprint density at radius 1 is 1.24 bits per heavy atom. The Hall–Kier alpha value is -2.00. The molecule has 2 rings (SSSR count). The Morgan fingerprint density at radius 2 is 1.95 bits per heavy atom. The number of ether oxygens (including phenoxy) is 1. The second-order valence-electron chi connectivity index (χ2n) is 4.90. The van der Waals surface area contributed by atoms with Crippen LogP contribution in [0.25, 0.3) is 0 Å². The van der Waals surface area contributed by atoms with Gasteiger partial charge in [-0.25, -0.2) is 0 Å². The number of carbonyl (C=O) groups excluding carboxylic acids is 1. The van der Waals surface area contributed by atoms with Crippen molar-refractivity contribution in [1.29, 1.82) is 0 Å². The van der Waals surface area contributed by atoms with Crippen LogP contribution < -0.4 is 10.1 Å². The second kappa shape index (κ2) is 7.14. The van der Waals surface area contributed by atoms with Crippen LogP contribution >= 0.6 is 11.6 Å². The van der Waals surface area contributed by atoms with Crippen molar-refractivity contribution in [3.05, 3.63) is 64.7 Å². The maximum absolute atomic E-state index is 11.9. The van der Waals surface area contributed by atoms with Crippen LogP contribution in [0.5, 0.6) is 5.75 Å². The van der Waals surface area contributed by atoms with E-state index < -0.39 is 0 Å². The summed E-state index contributed by atoms with van der Waals surface area (Å²) < 4.78 is 5.47. The number of aryl methyl sites for hydroxylation is 1. The molecule has 4 heteroatoms. The first-order valence-electron chi connectivity index (χ1n) is 6.79. The van der Waals surface area contributed by atoms with E-state index in [4.69, 9.17) is 16.3 Å². The van der Waals surface area contributed by atoms with Crippen molar-refractivity contribution in [2.24, 2.45) is 0 Å². The van der Waals surface area contributed by atoms with Crippen molar-refractivity contribution in [3.63, 3.8) is 0 Å². The van der Waals surface area contributed by atoms with Crippen LogP contribution in [0.3, 0.4) is 0 Å². The fourth-order valence-electron chi connectivity index (χ4n) is 1.96. The summed E-state index contributed by atoms with van der Waals surface area (Å²) in [6.45, 7) is 3.82. The van der Waals surface area contributed by atoms with E-state index in [2.05, 4.69) is 5.32 Å². The molecule has 2 aromatic rings. The van der Waals surface area contributed by atoms with Crippen LogP contribution in [0, 0.1) is 6.92 Å². The van der Waals surface area contributed by atoms with Crippen molar-refractivity contribution in [1.82, 2.24) is 5.32 Å². The van der Waals surface area contributed by atoms with Crippen LogP contribution in [-0.2, 0) is 4.79 Å². The molecule has 0 spiro atoms. The lowest BCUT2D eigenvalue weighted by Crippen LogP contribution is -2.31. The maximum Gasteiger partial charge on any atom is 0.258 e. The fraction of sp³-hybridized carbons (Fsp3) is 0.235. The Labute approximate surface area is 129 Å². The van der Waals surface area contributed by atoms with Crippen molar-refractivity contribution < 1.29 is 9.53 Å². The number of amides is 1. The molecule has 0 aliphatic carbocycles. The van der Waals surface area contributed by atoms with E-state index in [0.29, 0.717) is 10.8 Å². The molecule has 0 saturated heterocycles. The molecule has 0 heterocycles. The number of nitrogens with one attached hydrogen (secondary N) is 1. The standard InChI is InChI=1S/C17H18ClNO2/c1-12-10-15(8-9-16(12)18)21-11-17(20)19-13(2)14-6-4-3-5-7-14/h3-10,13H,11H2,1-2H3,(H,19,20)/t13-/m0/s1. The highest BCUT2D eigenvalue weighted by Gasteiger charge is 2.10. The van der Waals surface area contributed by atoms with Gasteiger partial charge in [0.05, 0.1) is 6.04 Å². The smallest absolute Gasteiger partial charge is 0.258 e. The van der Waals surface area contributed by atoms with E-state index >= 15 is 0 Å². The van der Waals surface area contributed by atoms with Crippen molar-refractivity contribution in [3.8, 4) is 5.75 Å². The van der Waals surface area contributed by atoms with Gasteiger partial charge in [-0.15, -0.1) is 0 Å². The minimum absolute atomic E-state index is 0.0156. The Morgan fingerprint density at radius 3 is 2.62 bits per heavy atom. The van der Waals surface area contributed by atoms with Gasteiger partial charge in [0.2, 0.25) is 0 Å². The average molecular weight is 304 g/mol. The molecule has 1 N–H and O–H groups in total. The molecule has 0 radical (unpaired) electrons. The van der Waals surface area contributed by atoms with Crippen LogP contribution in [0.15, 0.2) is 48.5 Å². The minimum atomic E-state index is -0.154. The third kappa shape index (κ3) is 4.50. The number of carbonyl (C=O) groups is 1. The lowest BCUT2D eigenvalue weighted by Gasteiger charge is -2.14. The molecule has 0 aromatic heterocycles. The molecule has 0 unspecified atom stereocenters. The SMILES string of the molecule is Cc1cc(OCC(=O)N[C@@H](C)c2ccccc2)ccc1Cl. The molecule has 21 heavy (non-hydrogen) atoms. The number of rotatable bonds is 5. The highest BCUT2D eigenvalue weighted by molar-refractivity contribution is 6.31. The normalized spacial score (nSPS) is 11.8. The topological polar surface area (TPSA) is 38.3 Å². The lowest BCUT2D eigenvalue weighted by atomic mass is 10.1. The van der Waals surface area contributed by atoms with Crippen LogP contribution in [0.1, 0.15) is 24.1 Å². The van der Waals surface area contributed by atoms with E-state index in [0.717, 1.165) is 11.1 Å². The van der Waals surface area contributed by atoms with E-state index in [1.165, 1.54) is 0 Å². The molecule has 3 nitrogen and oxygen atoms in total. The van der Waals surface area contributed by atoms with Gasteiger partial charge in [0.25, 0.3) is 5.91 Å². The lowest BCUT2D eigenvalue weighted by molar-refractivity contribution is -0.123. The first-order valence-corrected chi connectivity index (χ1v) is 7.17. The summed E-state index contributed by atoms with van der Waals surface area (Å²) in [7, 11) is 0. The van der Waals surface area contributed by atoms with Gasteiger partial charge in [0.15, 0.2) is 6.61 Å². The Kier molecular flexibility index (Phi) is 5.23. The molecule has 0 aliphatic heterocycles. The molecule has 0 saturated carbocycles. The summed E-state index contributed by atoms with van der Waals surface area (Å²) in [6, 6.07) is 15.1. The number of hydrogen-bond donors (Lipinski definition) is 1. The van der Waals surface area contributed by atoms with Gasteiger partial charge in [0.1, 0.15) is 5.75 Å². The molecular weight excluding hydrogens is 286 g/mol. The van der Waals surface area contributed by atoms with Crippen molar-refractivity contribution in [2.75, 3.05) is 6.61 Å². The van der Waals surface area contributed by atoms with E-state index in [1.54, 1.807) is 12.1 Å². The first-order chi connectivity index (χ1) is 10.1. The predicted molar refractivity (Wildman–Crippen MR) is 84.7 cm³/mol. The van der Waals surface area contributed by atoms with Crippen LogP contribution in [0.4, 0.5) is 0 Å². The molecule has 0 fully saturated rings. The summed E-state index contributed by atoms with van der Waals surface area (Å²) in [5.41, 5.74) is 1.99. The zero-order valence-electron chi connectivity index (χ0n) is 12.1. The van der Waals surface area contributed by atoms with Gasteiger partial charge in [-0.2, -0.15) is 0 Å². The zero-order valence-corrected chi connectivity index (χ0v) is 12.9. The van der Waals surface area contributed by atoms with Crippen molar-refractivity contribution >= 4 is 17.5 Å². The molecule has 2 aromatic carbocycles. The molecule has 0 bridgehead atoms. The van der Waals surface area contributed by atoms with Gasteiger partial charge in [0, 0.05) is 5.02 Å². The van der Waals surface area contributed by atoms with Gasteiger partial charge >= 0.3 is 0 Å². The van der Waals surface area contributed by atoms with Crippen LogP contribution in [0.2, 0.25) is 5.02 Å². The summed E-state index contributed by atoms with van der Waals surface area (Å²) in [6.07, 6.45) is 0. The van der Waals surface area contributed by atoms with Gasteiger partial charge < -0.3 is 10.1 Å². The number of benzene rings is 2. The highest BCUT2D eigenvalue weighted by atomic mass is 35.5. The van der Waals surface area contributed by atoms with E-state index in [1.807, 2.05) is 50.2 Å². The molecule has 1 atom stereocenters. The van der Waals surface area contributed by atoms with Crippen LogP contribution in [-0.4, -0.2) is 12.5 Å². The Balaban J connectivity index is 1.86. The predicted octanol–water partition coefficient (Wildman–Crippen LogP) is 3.90. The largest absolute Gasteiger partial charge is 0.484 e.